The zero-order valence-electron chi connectivity index (χ0n) is 12.1. The molecule has 2 heterocycles. The minimum Gasteiger partial charge on any atom is -0.466 e. The lowest BCUT2D eigenvalue weighted by molar-refractivity contribution is -0.136. The highest BCUT2D eigenvalue weighted by molar-refractivity contribution is 9.11. The number of thiophene rings is 1. The van der Waals surface area contributed by atoms with Crippen molar-refractivity contribution in [2.45, 2.75) is 26.3 Å². The lowest BCUT2D eigenvalue weighted by Crippen LogP contribution is -2.48. The van der Waals surface area contributed by atoms with Crippen molar-refractivity contribution < 1.29 is 14.3 Å². The van der Waals surface area contributed by atoms with Crippen LogP contribution in [0.4, 0.5) is 4.79 Å². The number of esters is 1. The lowest BCUT2D eigenvalue weighted by Gasteiger charge is -2.34. The Morgan fingerprint density at radius 3 is 2.76 bits per heavy atom. The zero-order chi connectivity index (χ0) is 15.6. The van der Waals surface area contributed by atoms with Crippen molar-refractivity contribution in [2.24, 2.45) is 0 Å². The average Bonchev–Trinajstić information content (AvgIpc) is 2.88. The van der Waals surface area contributed by atoms with Gasteiger partial charge in [0.2, 0.25) is 0 Å². The van der Waals surface area contributed by atoms with Gasteiger partial charge in [0, 0.05) is 17.1 Å². The Bertz CT molecular complexity index is 597. The number of nitrogens with zero attached hydrogens (tertiary/aromatic N) is 1. The van der Waals surface area contributed by atoms with Gasteiger partial charge in [-0.1, -0.05) is 6.92 Å². The van der Waals surface area contributed by atoms with E-state index in [0.29, 0.717) is 17.8 Å². The molecule has 0 aliphatic carbocycles. The Morgan fingerprint density at radius 2 is 2.24 bits per heavy atom. The Labute approximate surface area is 136 Å². The van der Waals surface area contributed by atoms with Gasteiger partial charge >= 0.3 is 12.0 Å². The first-order valence-electron chi connectivity index (χ1n) is 6.62. The first kappa shape index (κ1) is 16.0. The van der Waals surface area contributed by atoms with Crippen LogP contribution in [0.15, 0.2) is 27.2 Å². The van der Waals surface area contributed by atoms with Crippen LogP contribution in [0.2, 0.25) is 0 Å². The number of rotatable bonds is 4. The maximum atomic E-state index is 12.3. The molecule has 1 N–H and O–H groups in total. The average molecular weight is 373 g/mol. The molecular weight excluding hydrogens is 356 g/mol. The van der Waals surface area contributed by atoms with Gasteiger partial charge in [-0.05, 0) is 41.4 Å². The van der Waals surface area contributed by atoms with Crippen LogP contribution in [0.25, 0.3) is 0 Å². The summed E-state index contributed by atoms with van der Waals surface area (Å²) in [6.45, 7) is 4.34. The predicted molar refractivity (Wildman–Crippen MR) is 85.0 cm³/mol. The van der Waals surface area contributed by atoms with E-state index in [1.807, 2.05) is 19.1 Å². The van der Waals surface area contributed by atoms with Gasteiger partial charge in [0.05, 0.1) is 22.5 Å². The molecule has 1 atom stereocenters. The third-order valence-corrected chi connectivity index (χ3v) is 5.02. The van der Waals surface area contributed by atoms with Crippen LogP contribution in [-0.4, -0.2) is 30.6 Å². The van der Waals surface area contributed by atoms with E-state index in [-0.39, 0.29) is 6.03 Å². The number of allylic oxidation sites excluding steroid dienone is 1. The second-order valence-electron chi connectivity index (χ2n) is 4.67. The second-order valence-corrected chi connectivity index (χ2v) is 7.16. The van der Waals surface area contributed by atoms with Crippen molar-refractivity contribution in [2.75, 3.05) is 13.7 Å². The van der Waals surface area contributed by atoms with Gasteiger partial charge in [-0.25, -0.2) is 9.59 Å². The molecule has 0 bridgehead atoms. The van der Waals surface area contributed by atoms with Crippen molar-refractivity contribution >= 4 is 39.3 Å². The standard InChI is InChI=1S/C14H17BrN2O3S/c1-4-7-17-8(2)11(13(18)20-3)12(16-14(17)19)9-5-6-10(15)21-9/h5-6,12H,4,7H2,1-3H3,(H,16,19). The maximum Gasteiger partial charge on any atom is 0.338 e. The van der Waals surface area contributed by atoms with Gasteiger partial charge in [-0.15, -0.1) is 11.3 Å². The van der Waals surface area contributed by atoms with E-state index < -0.39 is 12.0 Å². The Hall–Kier alpha value is -1.34. The summed E-state index contributed by atoms with van der Waals surface area (Å²) >= 11 is 4.89. The molecule has 2 rings (SSSR count). The fourth-order valence-corrected chi connectivity index (χ4v) is 3.83. The van der Waals surface area contributed by atoms with Crippen LogP contribution in [0, 0.1) is 0 Å². The number of hydrogen-bond acceptors (Lipinski definition) is 4. The number of hydrogen-bond donors (Lipinski definition) is 1. The molecule has 0 spiro atoms. The van der Waals surface area contributed by atoms with Crippen molar-refractivity contribution in [3.05, 3.63) is 32.1 Å². The second kappa shape index (κ2) is 6.62. The fraction of sp³-hybridized carbons (Fsp3) is 0.429. The summed E-state index contributed by atoms with van der Waals surface area (Å²) in [4.78, 5) is 26.9. The number of carbonyl (C=O) groups excluding carboxylic acids is 2. The Kier molecular flexibility index (Phi) is 5.05. The van der Waals surface area contributed by atoms with E-state index >= 15 is 0 Å². The Balaban J connectivity index is 2.49. The molecule has 21 heavy (non-hydrogen) atoms. The number of urea groups is 1. The van der Waals surface area contributed by atoms with E-state index in [1.165, 1.54) is 18.4 Å². The van der Waals surface area contributed by atoms with E-state index in [9.17, 15) is 9.59 Å². The SMILES string of the molecule is CCCN1C(=O)NC(c2ccc(Br)s2)C(C(=O)OC)=C1C. The van der Waals surface area contributed by atoms with E-state index in [0.717, 1.165) is 15.1 Å². The summed E-state index contributed by atoms with van der Waals surface area (Å²) < 4.78 is 5.85. The summed E-state index contributed by atoms with van der Waals surface area (Å²) in [5, 5.41) is 2.89. The maximum absolute atomic E-state index is 12.3. The largest absolute Gasteiger partial charge is 0.466 e. The number of amides is 2. The van der Waals surface area contributed by atoms with Crippen molar-refractivity contribution in [1.29, 1.82) is 0 Å². The molecule has 0 saturated heterocycles. The summed E-state index contributed by atoms with van der Waals surface area (Å²) in [7, 11) is 1.35. The first-order valence-corrected chi connectivity index (χ1v) is 8.22. The minimum absolute atomic E-state index is 0.184. The molecule has 5 nitrogen and oxygen atoms in total. The molecule has 0 fully saturated rings. The van der Waals surface area contributed by atoms with Gasteiger partial charge < -0.3 is 10.1 Å². The lowest BCUT2D eigenvalue weighted by atomic mass is 10.0. The zero-order valence-corrected chi connectivity index (χ0v) is 14.5. The highest BCUT2D eigenvalue weighted by Crippen LogP contribution is 2.36. The predicted octanol–water partition coefficient (Wildman–Crippen LogP) is 3.43. The molecule has 1 aliphatic rings. The third-order valence-electron chi connectivity index (χ3n) is 3.33. The van der Waals surface area contributed by atoms with Gasteiger partial charge in [0.25, 0.3) is 0 Å². The van der Waals surface area contributed by atoms with Crippen molar-refractivity contribution in [3.63, 3.8) is 0 Å². The molecule has 114 valence electrons. The topological polar surface area (TPSA) is 58.6 Å². The number of methoxy groups -OCH3 is 1. The highest BCUT2D eigenvalue weighted by atomic mass is 79.9. The van der Waals surface area contributed by atoms with E-state index in [1.54, 1.807) is 11.8 Å². The first-order chi connectivity index (χ1) is 9.99. The van der Waals surface area contributed by atoms with Gasteiger partial charge in [-0.2, -0.15) is 0 Å². The minimum atomic E-state index is -0.464. The quantitative estimate of drug-likeness (QED) is 0.823. The molecule has 1 aromatic rings. The Morgan fingerprint density at radius 1 is 1.52 bits per heavy atom. The van der Waals surface area contributed by atoms with E-state index in [2.05, 4.69) is 21.2 Å². The molecule has 0 saturated carbocycles. The fourth-order valence-electron chi connectivity index (χ4n) is 2.35. The smallest absolute Gasteiger partial charge is 0.338 e. The molecule has 0 radical (unpaired) electrons. The highest BCUT2D eigenvalue weighted by Gasteiger charge is 2.36. The van der Waals surface area contributed by atoms with Gasteiger partial charge in [0.1, 0.15) is 0 Å². The molecule has 1 aromatic heterocycles. The molecule has 1 aliphatic heterocycles. The number of ether oxygens (including phenoxy) is 1. The molecule has 7 heteroatoms. The van der Waals surface area contributed by atoms with Crippen LogP contribution in [0.3, 0.4) is 0 Å². The van der Waals surface area contributed by atoms with Crippen LogP contribution in [0.5, 0.6) is 0 Å². The summed E-state index contributed by atoms with van der Waals surface area (Å²) in [5.41, 5.74) is 1.14. The summed E-state index contributed by atoms with van der Waals surface area (Å²) in [6, 6.07) is 3.14. The molecule has 0 aromatic carbocycles. The van der Waals surface area contributed by atoms with E-state index in [4.69, 9.17) is 4.74 Å². The summed E-state index contributed by atoms with van der Waals surface area (Å²) in [5.74, 6) is -0.414. The number of carbonyl (C=O) groups is 2. The number of nitrogens with one attached hydrogen (secondary N) is 1. The van der Waals surface area contributed by atoms with Crippen molar-refractivity contribution in [3.8, 4) is 0 Å². The van der Waals surface area contributed by atoms with Gasteiger partial charge in [-0.3, -0.25) is 4.90 Å². The van der Waals surface area contributed by atoms with Crippen LogP contribution < -0.4 is 5.32 Å². The molecule has 1 unspecified atom stereocenters. The van der Waals surface area contributed by atoms with Crippen molar-refractivity contribution in [1.82, 2.24) is 10.2 Å². The molecule has 2 amide bonds. The normalized spacial score (nSPS) is 18.8. The van der Waals surface area contributed by atoms with Crippen LogP contribution in [-0.2, 0) is 9.53 Å². The summed E-state index contributed by atoms with van der Waals surface area (Å²) in [6.07, 6.45) is 0.814. The van der Waals surface area contributed by atoms with Gasteiger partial charge in [0.15, 0.2) is 0 Å². The number of halogens is 1. The molecular formula is C14H17BrN2O3S. The monoisotopic (exact) mass is 372 g/mol. The van der Waals surface area contributed by atoms with Crippen LogP contribution in [0.1, 0.15) is 31.2 Å². The third kappa shape index (κ3) is 3.13. The van der Waals surface area contributed by atoms with Crippen LogP contribution >= 0.6 is 27.3 Å².